The number of likely N-dealkylation sites (tertiary alicyclic amines) is 1. The van der Waals surface area contributed by atoms with Gasteiger partial charge in [-0.2, -0.15) is 5.26 Å². The summed E-state index contributed by atoms with van der Waals surface area (Å²) in [5.74, 6) is -3.95. The van der Waals surface area contributed by atoms with Crippen LogP contribution < -0.4 is 10.6 Å². The molecule has 9 nitrogen and oxygen atoms in total. The van der Waals surface area contributed by atoms with Crippen molar-refractivity contribution in [3.05, 3.63) is 101 Å². The summed E-state index contributed by atoms with van der Waals surface area (Å²) in [7, 11) is 1.49. The van der Waals surface area contributed by atoms with Gasteiger partial charge in [0.25, 0.3) is 11.8 Å². The first-order valence-corrected chi connectivity index (χ1v) is 17.3. The number of likely N-dealkylation sites (N-methyl/N-ethyl adjacent to an activating group) is 1. The lowest BCUT2D eigenvalue weighted by Gasteiger charge is -2.35. The second kappa shape index (κ2) is 15.2. The predicted molar refractivity (Wildman–Crippen MR) is 183 cm³/mol. The molecule has 0 saturated carbocycles. The number of nitriles is 1. The standard InChI is InChI=1S/C37H39F2N5O4S/c1-23(2)18-31(34(46)44-22-37(20-26(44)21-40)27-13-7-8-14-30(27)41-36(37)48)43(3)35(47)33(49-17-9-12-24-10-5-4-6-11-24)42-32(45)25-15-16-28(38)29(39)19-25/h4-8,10-11,13-16,19,23,26,31,33H,9,12,17-18,20,22H2,1-3H3,(H,41,48)(H,42,45)/t26-,31-,33?,37-/m0/s1. The fraction of sp³-hybridized carbons (Fsp3) is 0.378. The second-order valence-electron chi connectivity index (χ2n) is 12.9. The topological polar surface area (TPSA) is 123 Å². The maximum Gasteiger partial charge on any atom is 0.256 e. The van der Waals surface area contributed by atoms with Crippen molar-refractivity contribution in [2.24, 2.45) is 5.92 Å². The molecule has 2 heterocycles. The Labute approximate surface area is 289 Å². The number of hydrogen-bond acceptors (Lipinski definition) is 6. The largest absolute Gasteiger partial charge is 0.332 e. The van der Waals surface area contributed by atoms with Gasteiger partial charge in [-0.3, -0.25) is 19.2 Å². The molecule has 0 aromatic heterocycles. The van der Waals surface area contributed by atoms with Crippen LogP contribution in [0.5, 0.6) is 0 Å². The van der Waals surface area contributed by atoms with Crippen molar-refractivity contribution in [2.75, 3.05) is 24.7 Å². The van der Waals surface area contributed by atoms with Gasteiger partial charge in [-0.25, -0.2) is 8.78 Å². The molecule has 0 radical (unpaired) electrons. The molecule has 2 aliphatic heterocycles. The third-order valence-electron chi connectivity index (χ3n) is 9.12. The highest BCUT2D eigenvalue weighted by atomic mass is 32.2. The number of fused-ring (bicyclic) bond motifs is 2. The van der Waals surface area contributed by atoms with Gasteiger partial charge in [-0.15, -0.1) is 11.8 Å². The van der Waals surface area contributed by atoms with Gasteiger partial charge < -0.3 is 20.4 Å². The highest BCUT2D eigenvalue weighted by Gasteiger charge is 2.56. The van der Waals surface area contributed by atoms with Gasteiger partial charge in [0.2, 0.25) is 11.8 Å². The number of carbonyl (C=O) groups excluding carboxylic acids is 4. The highest BCUT2D eigenvalue weighted by molar-refractivity contribution is 8.00. The summed E-state index contributed by atoms with van der Waals surface area (Å²) in [5.41, 5.74) is 1.24. The molecular formula is C37H39F2N5O4S. The molecule has 3 aromatic carbocycles. The normalized spacial score (nSPS) is 19.2. The van der Waals surface area contributed by atoms with Gasteiger partial charge in [0.1, 0.15) is 12.1 Å². The Morgan fingerprint density at radius 1 is 1.08 bits per heavy atom. The quantitative estimate of drug-likeness (QED) is 0.198. The smallest absolute Gasteiger partial charge is 0.256 e. The molecule has 49 heavy (non-hydrogen) atoms. The number of benzene rings is 3. The molecule has 0 bridgehead atoms. The summed E-state index contributed by atoms with van der Waals surface area (Å²) in [6.07, 6.45) is 1.79. The van der Waals surface area contributed by atoms with Crippen LogP contribution in [-0.4, -0.2) is 70.2 Å². The number of anilines is 1. The number of amides is 4. The van der Waals surface area contributed by atoms with E-state index in [0.29, 0.717) is 17.9 Å². The molecule has 3 aromatic rings. The number of nitrogens with one attached hydrogen (secondary N) is 2. The Kier molecular flexibility index (Phi) is 11.0. The van der Waals surface area contributed by atoms with Crippen LogP contribution >= 0.6 is 11.8 Å². The van der Waals surface area contributed by atoms with Crippen molar-refractivity contribution in [2.45, 2.75) is 62.4 Å². The van der Waals surface area contributed by atoms with E-state index in [4.69, 9.17) is 0 Å². The van der Waals surface area contributed by atoms with Crippen LogP contribution in [0, 0.1) is 28.9 Å². The van der Waals surface area contributed by atoms with E-state index in [9.17, 15) is 33.2 Å². The van der Waals surface area contributed by atoms with E-state index in [2.05, 4.69) is 16.7 Å². The SMILES string of the molecule is CC(C)C[C@@H](C(=O)N1C[C@]2(C[C@H]1C#N)C(=O)Nc1ccccc12)N(C)C(=O)C(NC(=O)c1ccc(F)c(F)c1)SCCCc1ccccc1. The predicted octanol–water partition coefficient (Wildman–Crippen LogP) is 5.27. The number of halogens is 2. The third-order valence-corrected chi connectivity index (χ3v) is 10.3. The van der Waals surface area contributed by atoms with Crippen LogP contribution in [0.25, 0.3) is 0 Å². The Hall–Kier alpha value is -4.76. The van der Waals surface area contributed by atoms with Crippen molar-refractivity contribution in [1.82, 2.24) is 15.1 Å². The molecule has 1 unspecified atom stereocenters. The van der Waals surface area contributed by atoms with Crippen molar-refractivity contribution in [1.29, 1.82) is 5.26 Å². The number of carbonyl (C=O) groups is 4. The number of nitrogens with zero attached hydrogens (tertiary/aromatic N) is 3. The maximum atomic E-state index is 14.4. The van der Waals surface area contributed by atoms with Crippen LogP contribution in [0.1, 0.15) is 54.6 Å². The first kappa shape index (κ1) is 35.5. The summed E-state index contributed by atoms with van der Waals surface area (Å²) in [6, 6.07) is 20.1. The average Bonchev–Trinajstić information content (AvgIpc) is 3.62. The van der Waals surface area contributed by atoms with Crippen LogP contribution in [0.15, 0.2) is 72.8 Å². The Bertz CT molecular complexity index is 1770. The van der Waals surface area contributed by atoms with Gasteiger partial charge in [-0.05, 0) is 66.3 Å². The van der Waals surface area contributed by atoms with Crippen LogP contribution in [0.4, 0.5) is 14.5 Å². The Morgan fingerprint density at radius 2 is 1.80 bits per heavy atom. The molecule has 12 heteroatoms. The number of rotatable bonds is 12. The summed E-state index contributed by atoms with van der Waals surface area (Å²) in [4.78, 5) is 57.8. The zero-order valence-electron chi connectivity index (χ0n) is 27.6. The van der Waals surface area contributed by atoms with Crippen molar-refractivity contribution >= 4 is 41.1 Å². The molecule has 0 aliphatic carbocycles. The van der Waals surface area contributed by atoms with Gasteiger partial charge in [0.15, 0.2) is 17.0 Å². The first-order chi connectivity index (χ1) is 23.4. The van der Waals surface area contributed by atoms with Gasteiger partial charge >= 0.3 is 0 Å². The van der Waals surface area contributed by atoms with Gasteiger partial charge in [0, 0.05) is 31.3 Å². The van der Waals surface area contributed by atoms with E-state index in [1.54, 1.807) is 12.1 Å². The molecular weight excluding hydrogens is 649 g/mol. The Morgan fingerprint density at radius 3 is 2.49 bits per heavy atom. The molecule has 1 spiro atoms. The van der Waals surface area contributed by atoms with Crippen molar-refractivity contribution in [3.8, 4) is 6.07 Å². The zero-order valence-corrected chi connectivity index (χ0v) is 28.4. The maximum absolute atomic E-state index is 14.4. The summed E-state index contributed by atoms with van der Waals surface area (Å²) >= 11 is 1.18. The van der Waals surface area contributed by atoms with Crippen LogP contribution in [-0.2, 0) is 26.2 Å². The van der Waals surface area contributed by atoms with E-state index in [-0.39, 0.29) is 36.8 Å². The van der Waals surface area contributed by atoms with E-state index in [0.717, 1.165) is 35.7 Å². The summed E-state index contributed by atoms with van der Waals surface area (Å²) < 4.78 is 27.6. The molecule has 1 fully saturated rings. The van der Waals surface area contributed by atoms with E-state index < -0.39 is 52.2 Å². The summed E-state index contributed by atoms with van der Waals surface area (Å²) in [5, 5.41) is 14.5. The number of thioether (sulfide) groups is 1. The zero-order chi connectivity index (χ0) is 35.3. The van der Waals surface area contributed by atoms with Crippen molar-refractivity contribution in [3.63, 3.8) is 0 Å². The average molecular weight is 688 g/mol. The molecule has 5 rings (SSSR count). The van der Waals surface area contributed by atoms with E-state index >= 15 is 0 Å². The van der Waals surface area contributed by atoms with Gasteiger partial charge in [-0.1, -0.05) is 62.4 Å². The molecule has 4 atom stereocenters. The third kappa shape index (κ3) is 7.62. The molecule has 4 amide bonds. The van der Waals surface area contributed by atoms with Crippen molar-refractivity contribution < 1.29 is 28.0 Å². The fourth-order valence-corrected chi connectivity index (χ4v) is 7.57. The number of hydrogen-bond donors (Lipinski definition) is 2. The summed E-state index contributed by atoms with van der Waals surface area (Å²) in [6.45, 7) is 3.80. The monoisotopic (exact) mass is 687 g/mol. The minimum atomic E-state index is -1.19. The van der Waals surface area contributed by atoms with Gasteiger partial charge in [0.05, 0.1) is 11.5 Å². The lowest BCUT2D eigenvalue weighted by molar-refractivity contribution is -0.145. The fourth-order valence-electron chi connectivity index (χ4n) is 6.52. The van der Waals surface area contributed by atoms with E-state index in [1.165, 1.54) is 28.6 Å². The second-order valence-corrected chi connectivity index (χ2v) is 14.1. The van der Waals surface area contributed by atoms with E-state index in [1.807, 2.05) is 56.3 Å². The first-order valence-electron chi connectivity index (χ1n) is 16.2. The Balaban J connectivity index is 1.38. The van der Waals surface area contributed by atoms with Crippen LogP contribution in [0.3, 0.4) is 0 Å². The highest BCUT2D eigenvalue weighted by Crippen LogP contribution is 2.46. The molecule has 2 aliphatic rings. The minimum Gasteiger partial charge on any atom is -0.332 e. The number of para-hydroxylation sites is 1. The lowest BCUT2D eigenvalue weighted by atomic mass is 9.80. The molecule has 2 N–H and O–H groups in total. The number of aryl methyl sites for hydroxylation is 1. The minimum absolute atomic E-state index is 0.0198. The molecule has 256 valence electrons. The lowest BCUT2D eigenvalue weighted by Crippen LogP contribution is -2.55. The molecule has 1 saturated heterocycles. The van der Waals surface area contributed by atoms with Crippen LogP contribution in [0.2, 0.25) is 0 Å².